The standard InChI is InChI=1S/C15H14BrClN2O2/c1-2-9-7-11(4-5-13(9)17)21-14-6-3-10(8-12(14)16)15(18)19-20/h3-8,20H,2H2,1H3,(H2,18,19). The topological polar surface area (TPSA) is 67.8 Å². The van der Waals surface area contributed by atoms with Gasteiger partial charge in [-0.15, -0.1) is 0 Å². The Kier molecular flexibility index (Phi) is 5.09. The molecule has 0 aliphatic rings. The number of hydrogen-bond donors (Lipinski definition) is 2. The van der Waals surface area contributed by atoms with Crippen molar-refractivity contribution in [1.29, 1.82) is 0 Å². The average molecular weight is 370 g/mol. The maximum Gasteiger partial charge on any atom is 0.170 e. The molecule has 6 heteroatoms. The van der Waals surface area contributed by atoms with Crippen molar-refractivity contribution >= 4 is 33.4 Å². The van der Waals surface area contributed by atoms with Crippen LogP contribution in [0, 0.1) is 0 Å². The van der Waals surface area contributed by atoms with Crippen LogP contribution in [-0.4, -0.2) is 11.0 Å². The van der Waals surface area contributed by atoms with Crippen molar-refractivity contribution in [3.8, 4) is 11.5 Å². The molecular formula is C15H14BrClN2O2. The van der Waals surface area contributed by atoms with Crippen molar-refractivity contribution in [2.24, 2.45) is 10.9 Å². The highest BCUT2D eigenvalue weighted by Gasteiger charge is 2.08. The molecule has 0 fully saturated rings. The molecule has 3 N–H and O–H groups in total. The van der Waals surface area contributed by atoms with E-state index < -0.39 is 0 Å². The lowest BCUT2D eigenvalue weighted by Crippen LogP contribution is -2.12. The van der Waals surface area contributed by atoms with E-state index in [9.17, 15) is 0 Å². The van der Waals surface area contributed by atoms with Gasteiger partial charge >= 0.3 is 0 Å². The second-order valence-corrected chi connectivity index (χ2v) is 5.60. The second-order valence-electron chi connectivity index (χ2n) is 4.34. The first-order valence-corrected chi connectivity index (χ1v) is 7.46. The number of ether oxygens (including phenoxy) is 1. The summed E-state index contributed by atoms with van der Waals surface area (Å²) in [7, 11) is 0. The maximum absolute atomic E-state index is 8.67. The lowest BCUT2D eigenvalue weighted by atomic mass is 10.1. The Bertz CT molecular complexity index is 689. The molecule has 2 aromatic rings. The quantitative estimate of drug-likeness (QED) is 0.359. The highest BCUT2D eigenvalue weighted by atomic mass is 79.9. The monoisotopic (exact) mass is 368 g/mol. The molecular weight excluding hydrogens is 356 g/mol. The number of aryl methyl sites for hydroxylation is 1. The Morgan fingerprint density at radius 3 is 2.71 bits per heavy atom. The first kappa shape index (κ1) is 15.7. The molecule has 0 radical (unpaired) electrons. The van der Waals surface area contributed by atoms with E-state index in [0.717, 1.165) is 17.0 Å². The SMILES string of the molecule is CCc1cc(Oc2ccc(/C(N)=N/O)cc2Br)ccc1Cl. The van der Waals surface area contributed by atoms with Crippen LogP contribution in [0.2, 0.25) is 5.02 Å². The van der Waals surface area contributed by atoms with E-state index in [-0.39, 0.29) is 5.84 Å². The minimum absolute atomic E-state index is 0.0435. The van der Waals surface area contributed by atoms with Crippen molar-refractivity contribution in [2.75, 3.05) is 0 Å². The third kappa shape index (κ3) is 3.68. The van der Waals surface area contributed by atoms with Gasteiger partial charge < -0.3 is 15.7 Å². The molecule has 2 rings (SSSR count). The molecule has 0 amide bonds. The largest absolute Gasteiger partial charge is 0.456 e. The number of hydrogen-bond acceptors (Lipinski definition) is 3. The summed E-state index contributed by atoms with van der Waals surface area (Å²) < 4.78 is 6.53. The van der Waals surface area contributed by atoms with Gasteiger partial charge in [0, 0.05) is 10.6 Å². The van der Waals surface area contributed by atoms with Gasteiger partial charge in [0.25, 0.3) is 0 Å². The molecule has 21 heavy (non-hydrogen) atoms. The number of rotatable bonds is 4. The summed E-state index contributed by atoms with van der Waals surface area (Å²) in [5.74, 6) is 1.38. The molecule has 0 heterocycles. The van der Waals surface area contributed by atoms with Gasteiger partial charge in [-0.1, -0.05) is 23.7 Å². The minimum atomic E-state index is 0.0435. The molecule has 0 aromatic heterocycles. The zero-order chi connectivity index (χ0) is 15.4. The van der Waals surface area contributed by atoms with Crippen molar-refractivity contribution in [3.05, 3.63) is 57.0 Å². The van der Waals surface area contributed by atoms with E-state index in [1.165, 1.54) is 0 Å². The third-order valence-electron chi connectivity index (χ3n) is 2.96. The lowest BCUT2D eigenvalue weighted by Gasteiger charge is -2.11. The van der Waals surface area contributed by atoms with Crippen molar-refractivity contribution in [1.82, 2.24) is 0 Å². The van der Waals surface area contributed by atoms with Gasteiger partial charge in [-0.3, -0.25) is 0 Å². The predicted molar refractivity (Wildman–Crippen MR) is 87.6 cm³/mol. The van der Waals surface area contributed by atoms with Crippen LogP contribution in [0.3, 0.4) is 0 Å². The summed E-state index contributed by atoms with van der Waals surface area (Å²) in [5, 5.41) is 12.4. The molecule has 2 aromatic carbocycles. The zero-order valence-corrected chi connectivity index (χ0v) is 13.6. The molecule has 4 nitrogen and oxygen atoms in total. The van der Waals surface area contributed by atoms with Gasteiger partial charge in [-0.25, -0.2) is 0 Å². The van der Waals surface area contributed by atoms with Crippen LogP contribution >= 0.6 is 27.5 Å². The van der Waals surface area contributed by atoms with Gasteiger partial charge in [-0.05, 0) is 64.3 Å². The maximum atomic E-state index is 8.67. The number of nitrogens with zero attached hydrogens (tertiary/aromatic N) is 1. The van der Waals surface area contributed by atoms with E-state index in [2.05, 4.69) is 21.1 Å². The van der Waals surface area contributed by atoms with E-state index in [0.29, 0.717) is 21.5 Å². The Morgan fingerprint density at radius 2 is 2.10 bits per heavy atom. The molecule has 0 unspecified atom stereocenters. The molecule has 0 atom stereocenters. The fourth-order valence-electron chi connectivity index (χ4n) is 1.81. The van der Waals surface area contributed by atoms with Gasteiger partial charge in [0.05, 0.1) is 4.47 Å². The number of benzene rings is 2. The third-order valence-corrected chi connectivity index (χ3v) is 3.95. The normalized spacial score (nSPS) is 11.5. The highest BCUT2D eigenvalue weighted by Crippen LogP contribution is 2.32. The number of halogens is 2. The molecule has 0 saturated carbocycles. The van der Waals surface area contributed by atoms with Gasteiger partial charge in [0.1, 0.15) is 11.5 Å². The Balaban J connectivity index is 2.28. The van der Waals surface area contributed by atoms with Gasteiger partial charge in [0.15, 0.2) is 5.84 Å². The number of amidine groups is 1. The predicted octanol–water partition coefficient (Wildman–Crippen LogP) is 4.55. The average Bonchev–Trinajstić information content (AvgIpc) is 2.50. The summed E-state index contributed by atoms with van der Waals surface area (Å²) >= 11 is 9.50. The van der Waals surface area contributed by atoms with Crippen molar-refractivity contribution in [3.63, 3.8) is 0 Å². The summed E-state index contributed by atoms with van der Waals surface area (Å²) in [4.78, 5) is 0. The van der Waals surface area contributed by atoms with Crippen LogP contribution < -0.4 is 10.5 Å². The number of nitrogens with two attached hydrogens (primary N) is 1. The van der Waals surface area contributed by atoms with E-state index in [4.69, 9.17) is 27.3 Å². The smallest absolute Gasteiger partial charge is 0.170 e. The fourth-order valence-corrected chi connectivity index (χ4v) is 2.52. The molecule has 0 spiro atoms. The Morgan fingerprint density at radius 1 is 1.33 bits per heavy atom. The van der Waals surface area contributed by atoms with E-state index in [1.807, 2.05) is 25.1 Å². The van der Waals surface area contributed by atoms with Crippen LogP contribution in [0.25, 0.3) is 0 Å². The summed E-state index contributed by atoms with van der Waals surface area (Å²) in [6.45, 7) is 2.03. The fraction of sp³-hybridized carbons (Fsp3) is 0.133. The lowest BCUT2D eigenvalue weighted by molar-refractivity contribution is 0.318. The summed E-state index contributed by atoms with van der Waals surface area (Å²) in [6.07, 6.45) is 0.833. The Hall–Kier alpha value is -1.72. The van der Waals surface area contributed by atoms with Crippen molar-refractivity contribution < 1.29 is 9.94 Å². The molecule has 0 aliphatic carbocycles. The van der Waals surface area contributed by atoms with E-state index in [1.54, 1.807) is 18.2 Å². The summed E-state index contributed by atoms with van der Waals surface area (Å²) in [6, 6.07) is 10.7. The molecule has 0 bridgehead atoms. The first-order valence-electron chi connectivity index (χ1n) is 6.29. The van der Waals surface area contributed by atoms with Crippen LogP contribution in [0.15, 0.2) is 46.0 Å². The molecule has 110 valence electrons. The first-order chi connectivity index (χ1) is 10.0. The number of oxime groups is 1. The second kappa shape index (κ2) is 6.83. The van der Waals surface area contributed by atoms with Crippen LogP contribution in [0.5, 0.6) is 11.5 Å². The van der Waals surface area contributed by atoms with E-state index >= 15 is 0 Å². The van der Waals surface area contributed by atoms with Gasteiger partial charge in [0.2, 0.25) is 0 Å². The van der Waals surface area contributed by atoms with Crippen molar-refractivity contribution in [2.45, 2.75) is 13.3 Å². The molecule has 0 saturated heterocycles. The highest BCUT2D eigenvalue weighted by molar-refractivity contribution is 9.10. The van der Waals surface area contributed by atoms with Crippen LogP contribution in [0.4, 0.5) is 0 Å². The van der Waals surface area contributed by atoms with Gasteiger partial charge in [-0.2, -0.15) is 0 Å². The zero-order valence-electron chi connectivity index (χ0n) is 11.3. The Labute approximate surface area is 136 Å². The summed E-state index contributed by atoms with van der Waals surface area (Å²) in [5.41, 5.74) is 7.17. The molecule has 0 aliphatic heterocycles. The van der Waals surface area contributed by atoms with Crippen LogP contribution in [0.1, 0.15) is 18.1 Å². The van der Waals surface area contributed by atoms with Crippen LogP contribution in [-0.2, 0) is 6.42 Å². The minimum Gasteiger partial charge on any atom is -0.456 e.